The number of rotatable bonds is 12. The number of phosphoric acid groups is 1. The smallest absolute Gasteiger partial charge is 0.293 e. The number of benzene rings is 1. The highest BCUT2D eigenvalue weighted by molar-refractivity contribution is 7.48. The van der Waals surface area contributed by atoms with Crippen molar-refractivity contribution in [1.29, 1.82) is 0 Å². The van der Waals surface area contributed by atoms with Crippen LogP contribution in [0.25, 0.3) is 22.6 Å². The predicted octanol–water partition coefficient (Wildman–Crippen LogP) is 6.04. The predicted molar refractivity (Wildman–Crippen MR) is 162 cm³/mol. The minimum atomic E-state index is -4.49. The summed E-state index contributed by atoms with van der Waals surface area (Å²) < 4.78 is 75.8. The lowest BCUT2D eigenvalue weighted by molar-refractivity contribution is -0.137. The third-order valence-electron chi connectivity index (χ3n) is 6.44. The van der Waals surface area contributed by atoms with Crippen LogP contribution in [0.3, 0.4) is 0 Å². The van der Waals surface area contributed by atoms with Gasteiger partial charge >= 0.3 is 19.7 Å². The number of hydrogen-bond donors (Lipinski definition) is 0. The van der Waals surface area contributed by atoms with Gasteiger partial charge in [-0.05, 0) is 65.7 Å². The molecule has 16 heteroatoms. The van der Waals surface area contributed by atoms with Crippen LogP contribution in [0.2, 0.25) is 0 Å². The van der Waals surface area contributed by atoms with Crippen LogP contribution in [0.15, 0.2) is 46.2 Å². The molecule has 0 fully saturated rings. The lowest BCUT2D eigenvalue weighted by Crippen LogP contribution is -2.40. The number of fused-ring (bicyclic) bond motifs is 1. The van der Waals surface area contributed by atoms with E-state index in [1.165, 1.54) is 26.1 Å². The Bertz CT molecular complexity index is 1830. The average molecular weight is 655 g/mol. The molecule has 0 N–H and O–H groups in total. The second kappa shape index (κ2) is 13.1. The molecule has 0 aliphatic heterocycles. The van der Waals surface area contributed by atoms with Crippen LogP contribution in [0.1, 0.15) is 66.0 Å². The number of aromatic nitrogens is 6. The number of halogens is 3. The minimum Gasteiger partial charge on any atom is -0.293 e. The van der Waals surface area contributed by atoms with E-state index in [-0.39, 0.29) is 36.6 Å². The number of hydrogen-bond acceptors (Lipinski definition) is 8. The zero-order chi connectivity index (χ0) is 33.3. The van der Waals surface area contributed by atoms with E-state index >= 15 is 0 Å². The Morgan fingerprint density at radius 3 is 2.36 bits per heavy atom. The zero-order valence-corrected chi connectivity index (χ0v) is 27.2. The number of alkyl halides is 3. The lowest BCUT2D eigenvalue weighted by Gasteiger charge is -2.27. The fraction of sp³-hybridized carbons (Fsp3) is 0.517. The monoisotopic (exact) mass is 654 g/mol. The molecule has 1 unspecified atom stereocenters. The van der Waals surface area contributed by atoms with Gasteiger partial charge in [0.1, 0.15) is 12.6 Å². The highest BCUT2D eigenvalue weighted by atomic mass is 31.2. The number of phosphoric ester groups is 1. The van der Waals surface area contributed by atoms with Gasteiger partial charge in [-0.25, -0.2) is 14.3 Å². The topological polar surface area (TPSA) is 124 Å². The summed E-state index contributed by atoms with van der Waals surface area (Å²) in [7, 11) is -4.19. The van der Waals surface area contributed by atoms with Gasteiger partial charge in [0.2, 0.25) is 0 Å². The largest absolute Gasteiger partial charge is 0.477 e. The van der Waals surface area contributed by atoms with Gasteiger partial charge in [0.25, 0.3) is 5.56 Å². The first kappa shape index (κ1) is 34.4. The summed E-state index contributed by atoms with van der Waals surface area (Å²) in [6, 6.07) is 4.91. The Balaban J connectivity index is 1.86. The summed E-state index contributed by atoms with van der Waals surface area (Å²) >= 11 is 0. The molecule has 4 rings (SSSR count). The molecule has 12 nitrogen and oxygen atoms in total. The summed E-state index contributed by atoms with van der Waals surface area (Å²) in [5, 5.41) is 4.30. The van der Waals surface area contributed by atoms with Crippen molar-refractivity contribution < 1.29 is 31.3 Å². The Kier molecular flexibility index (Phi) is 9.98. The van der Waals surface area contributed by atoms with Gasteiger partial charge in [-0.1, -0.05) is 19.1 Å². The van der Waals surface area contributed by atoms with E-state index in [1.807, 2.05) is 6.92 Å². The minimum absolute atomic E-state index is 0.0144. The van der Waals surface area contributed by atoms with Gasteiger partial charge in [-0.2, -0.15) is 18.3 Å². The summed E-state index contributed by atoms with van der Waals surface area (Å²) in [5.41, 5.74) is -1.99. The first-order chi connectivity index (χ1) is 21.0. The highest BCUT2D eigenvalue weighted by Crippen LogP contribution is 2.54. The van der Waals surface area contributed by atoms with Crippen LogP contribution in [0, 0.1) is 0 Å². The Morgan fingerprint density at radius 2 is 1.76 bits per heavy atom. The highest BCUT2D eigenvalue weighted by Gasteiger charge is 2.35. The van der Waals surface area contributed by atoms with E-state index in [0.717, 1.165) is 16.7 Å². The van der Waals surface area contributed by atoms with Crippen LogP contribution in [0.4, 0.5) is 13.2 Å². The number of imidazole rings is 1. The van der Waals surface area contributed by atoms with Crippen molar-refractivity contribution in [3.8, 4) is 11.4 Å². The Morgan fingerprint density at radius 1 is 1.04 bits per heavy atom. The van der Waals surface area contributed by atoms with Crippen molar-refractivity contribution in [2.75, 3.05) is 0 Å². The lowest BCUT2D eigenvalue weighted by atomic mass is 10.1. The molecule has 0 aliphatic carbocycles. The SMILES string of the molecule is CCCn1c(=O)c2c(nc(-c3cnn(Cc4cccc(C(F)(F)F)c4)c3)n2COP(=O)(OC(C)C)OC(C)(C)C)n(CC)c1=O. The summed E-state index contributed by atoms with van der Waals surface area (Å²) in [6.07, 6.45) is -1.53. The van der Waals surface area contributed by atoms with Crippen LogP contribution >= 0.6 is 7.82 Å². The van der Waals surface area contributed by atoms with Crippen LogP contribution < -0.4 is 11.2 Å². The molecule has 0 amide bonds. The molecule has 1 atom stereocenters. The second-order valence-electron chi connectivity index (χ2n) is 11.7. The number of aryl methyl sites for hydroxylation is 1. The van der Waals surface area contributed by atoms with E-state index < -0.39 is 49.2 Å². The van der Waals surface area contributed by atoms with E-state index in [1.54, 1.807) is 53.8 Å². The molecule has 246 valence electrons. The fourth-order valence-corrected chi connectivity index (χ4v) is 6.34. The van der Waals surface area contributed by atoms with Crippen LogP contribution in [-0.4, -0.2) is 40.2 Å². The molecule has 4 aromatic rings. The molecular weight excluding hydrogens is 616 g/mol. The zero-order valence-electron chi connectivity index (χ0n) is 26.3. The molecule has 0 saturated heterocycles. The molecule has 1 aromatic carbocycles. The molecular formula is C29H38F3N6O6P. The van der Waals surface area contributed by atoms with Gasteiger partial charge in [-0.3, -0.25) is 36.7 Å². The van der Waals surface area contributed by atoms with E-state index in [2.05, 4.69) is 10.1 Å². The maximum atomic E-state index is 13.8. The van der Waals surface area contributed by atoms with Crippen LogP contribution in [0.5, 0.6) is 0 Å². The van der Waals surface area contributed by atoms with Crippen molar-refractivity contribution in [2.45, 2.75) is 99.1 Å². The maximum Gasteiger partial charge on any atom is 0.477 e. The molecule has 45 heavy (non-hydrogen) atoms. The molecule has 0 spiro atoms. The molecule has 3 heterocycles. The maximum absolute atomic E-state index is 13.8. The van der Waals surface area contributed by atoms with E-state index in [0.29, 0.717) is 17.5 Å². The summed E-state index contributed by atoms with van der Waals surface area (Å²) in [6.45, 7) is 11.8. The molecule has 0 saturated carbocycles. The Hall–Kier alpha value is -3.52. The fourth-order valence-electron chi connectivity index (χ4n) is 4.74. The normalized spacial score (nSPS) is 14.0. The third kappa shape index (κ3) is 7.83. The van der Waals surface area contributed by atoms with Gasteiger partial charge in [0.05, 0.1) is 35.6 Å². The van der Waals surface area contributed by atoms with E-state index in [9.17, 15) is 27.3 Å². The van der Waals surface area contributed by atoms with Crippen LogP contribution in [-0.2, 0) is 50.7 Å². The van der Waals surface area contributed by atoms with Crippen molar-refractivity contribution >= 4 is 19.0 Å². The van der Waals surface area contributed by atoms with Crippen molar-refractivity contribution in [3.63, 3.8) is 0 Å². The standard InChI is InChI=1S/C29H38F3N6O6P/c1-8-13-37-26(39)23-25(36(9-2)27(37)40)34-24(38(23)18-42-45(41,43-19(3)4)44-28(5,6)7)21-15-33-35(17-21)16-20-11-10-12-22(14-20)29(30,31)32/h10-12,14-15,17,19H,8-9,13,16,18H2,1-7H3. The van der Waals surface area contributed by atoms with Gasteiger partial charge in [0, 0.05) is 19.3 Å². The van der Waals surface area contributed by atoms with Gasteiger partial charge in [0.15, 0.2) is 11.2 Å². The quantitative estimate of drug-likeness (QED) is 0.169. The molecule has 0 radical (unpaired) electrons. The molecule has 0 bridgehead atoms. The first-order valence-electron chi connectivity index (χ1n) is 14.5. The summed E-state index contributed by atoms with van der Waals surface area (Å²) in [4.78, 5) is 31.6. The Labute approximate surface area is 258 Å². The van der Waals surface area contributed by atoms with Crippen molar-refractivity contribution in [3.05, 3.63) is 68.6 Å². The van der Waals surface area contributed by atoms with E-state index in [4.69, 9.17) is 13.6 Å². The molecule has 3 aromatic heterocycles. The van der Waals surface area contributed by atoms with Gasteiger partial charge in [-0.15, -0.1) is 0 Å². The summed E-state index contributed by atoms with van der Waals surface area (Å²) in [5.74, 6) is 0.153. The van der Waals surface area contributed by atoms with Crippen molar-refractivity contribution in [1.82, 2.24) is 28.5 Å². The average Bonchev–Trinajstić information content (AvgIpc) is 3.53. The third-order valence-corrected chi connectivity index (χ3v) is 8.32. The second-order valence-corrected chi connectivity index (χ2v) is 13.3. The number of nitrogens with zero attached hydrogens (tertiary/aromatic N) is 6. The first-order valence-corrected chi connectivity index (χ1v) is 16.0. The van der Waals surface area contributed by atoms with Crippen molar-refractivity contribution in [2.24, 2.45) is 0 Å². The molecule has 0 aliphatic rings. The van der Waals surface area contributed by atoms with Gasteiger partial charge < -0.3 is 0 Å².